The van der Waals surface area contributed by atoms with Gasteiger partial charge in [0.15, 0.2) is 0 Å². The second kappa shape index (κ2) is 7.37. The summed E-state index contributed by atoms with van der Waals surface area (Å²) in [6.07, 6.45) is 4.06. The van der Waals surface area contributed by atoms with Crippen LogP contribution in [0.2, 0.25) is 0 Å². The van der Waals surface area contributed by atoms with Crippen molar-refractivity contribution in [3.8, 4) is 0 Å². The minimum Gasteiger partial charge on any atom is -0.383 e. The number of amides is 1. The summed E-state index contributed by atoms with van der Waals surface area (Å²) < 4.78 is 6.86. The Morgan fingerprint density at radius 1 is 1.57 bits per heavy atom. The van der Waals surface area contributed by atoms with Crippen LogP contribution < -0.4 is 11.1 Å². The molecule has 1 aromatic rings. The van der Waals surface area contributed by atoms with Gasteiger partial charge in [-0.2, -0.15) is 0 Å². The van der Waals surface area contributed by atoms with E-state index in [9.17, 15) is 4.79 Å². The van der Waals surface area contributed by atoms with Gasteiger partial charge in [-0.3, -0.25) is 14.4 Å². The number of hydrogen-bond donors (Lipinski definition) is 2. The fourth-order valence-corrected chi connectivity index (χ4v) is 3.77. The maximum Gasteiger partial charge on any atom is 0.224 e. The third kappa shape index (κ3) is 3.70. The molecule has 23 heavy (non-hydrogen) atoms. The van der Waals surface area contributed by atoms with E-state index in [0.29, 0.717) is 31.7 Å². The van der Waals surface area contributed by atoms with Gasteiger partial charge in [0, 0.05) is 39.0 Å². The van der Waals surface area contributed by atoms with E-state index in [4.69, 9.17) is 10.5 Å². The molecule has 3 saturated heterocycles. The summed E-state index contributed by atoms with van der Waals surface area (Å²) >= 11 is 0. The molecule has 0 saturated carbocycles. The van der Waals surface area contributed by atoms with E-state index < -0.39 is 0 Å². The summed E-state index contributed by atoms with van der Waals surface area (Å²) in [6, 6.07) is 0.434. The molecule has 1 aromatic heterocycles. The molecule has 4 atom stereocenters. The van der Waals surface area contributed by atoms with Crippen LogP contribution in [0.4, 0.5) is 0 Å². The summed E-state index contributed by atoms with van der Waals surface area (Å²) in [6.45, 7) is 4.29. The molecule has 8 nitrogen and oxygen atoms in total. The van der Waals surface area contributed by atoms with Crippen molar-refractivity contribution in [2.45, 2.75) is 32.0 Å². The number of methoxy groups -OCH3 is 1. The first kappa shape index (κ1) is 16.4. The van der Waals surface area contributed by atoms with Crippen LogP contribution in [-0.4, -0.2) is 65.2 Å². The third-order valence-corrected chi connectivity index (χ3v) is 5.01. The van der Waals surface area contributed by atoms with Crippen LogP contribution in [0.1, 0.15) is 18.5 Å². The molecular weight excluding hydrogens is 296 g/mol. The SMILES string of the molecule is COCCNC(=O)C1CN2CCC1CC2Cn1cc(CN)nn1. The topological polar surface area (TPSA) is 98.3 Å². The highest BCUT2D eigenvalue weighted by Crippen LogP contribution is 2.36. The Labute approximate surface area is 136 Å². The zero-order valence-electron chi connectivity index (χ0n) is 13.6. The smallest absolute Gasteiger partial charge is 0.224 e. The van der Waals surface area contributed by atoms with E-state index in [-0.39, 0.29) is 11.8 Å². The van der Waals surface area contributed by atoms with Crippen LogP contribution in [0.5, 0.6) is 0 Å². The molecule has 0 aliphatic carbocycles. The number of carbonyl (C=O) groups is 1. The van der Waals surface area contributed by atoms with Crippen molar-refractivity contribution in [2.24, 2.45) is 17.6 Å². The molecule has 4 rings (SSSR count). The minimum atomic E-state index is 0.104. The number of nitrogens with one attached hydrogen (secondary N) is 1. The number of aromatic nitrogens is 3. The highest BCUT2D eigenvalue weighted by Gasteiger charge is 2.43. The van der Waals surface area contributed by atoms with E-state index in [1.165, 1.54) is 0 Å². The predicted molar refractivity (Wildman–Crippen MR) is 84.4 cm³/mol. The van der Waals surface area contributed by atoms with Gasteiger partial charge >= 0.3 is 0 Å². The lowest BCUT2D eigenvalue weighted by Gasteiger charge is -2.49. The van der Waals surface area contributed by atoms with E-state index in [1.54, 1.807) is 7.11 Å². The molecule has 8 heteroatoms. The van der Waals surface area contributed by atoms with Gasteiger partial charge in [0.25, 0.3) is 0 Å². The van der Waals surface area contributed by atoms with E-state index in [2.05, 4.69) is 20.5 Å². The number of rotatable bonds is 7. The standard InChI is InChI=1S/C15H26N6O2/c1-23-5-3-17-15(22)14-10-20-4-2-11(14)6-13(20)9-21-8-12(7-16)18-19-21/h8,11,13-14H,2-7,9-10,16H2,1H3,(H,17,22). The summed E-state index contributed by atoms with van der Waals surface area (Å²) in [5, 5.41) is 11.2. The molecular formula is C15H26N6O2. The first-order chi connectivity index (χ1) is 11.2. The monoisotopic (exact) mass is 322 g/mol. The van der Waals surface area contributed by atoms with Gasteiger partial charge in [0.2, 0.25) is 5.91 Å². The average Bonchev–Trinajstić information content (AvgIpc) is 3.03. The Hall–Kier alpha value is -1.51. The molecule has 4 heterocycles. The number of carbonyl (C=O) groups excluding carboxylic acids is 1. The molecule has 3 fully saturated rings. The highest BCUT2D eigenvalue weighted by molar-refractivity contribution is 5.79. The molecule has 0 spiro atoms. The lowest BCUT2D eigenvalue weighted by molar-refractivity contribution is -0.133. The number of fused-ring (bicyclic) bond motifs is 3. The van der Waals surface area contributed by atoms with Crippen molar-refractivity contribution in [1.29, 1.82) is 0 Å². The predicted octanol–water partition coefficient (Wildman–Crippen LogP) is -0.790. The van der Waals surface area contributed by atoms with Crippen molar-refractivity contribution in [1.82, 2.24) is 25.2 Å². The largest absolute Gasteiger partial charge is 0.383 e. The summed E-state index contributed by atoms with van der Waals surface area (Å²) in [4.78, 5) is 14.8. The van der Waals surface area contributed by atoms with Crippen molar-refractivity contribution in [3.05, 3.63) is 11.9 Å². The molecule has 0 radical (unpaired) electrons. The van der Waals surface area contributed by atoms with Crippen molar-refractivity contribution < 1.29 is 9.53 Å². The summed E-state index contributed by atoms with van der Waals surface area (Å²) in [5.41, 5.74) is 6.39. The summed E-state index contributed by atoms with van der Waals surface area (Å²) in [7, 11) is 1.64. The molecule has 3 aliphatic rings. The Bertz CT molecular complexity index is 534. The quantitative estimate of drug-likeness (QED) is 0.639. The van der Waals surface area contributed by atoms with Crippen LogP contribution in [0, 0.1) is 11.8 Å². The van der Waals surface area contributed by atoms with Crippen LogP contribution in [0.25, 0.3) is 0 Å². The van der Waals surface area contributed by atoms with Gasteiger partial charge < -0.3 is 15.8 Å². The van der Waals surface area contributed by atoms with Crippen molar-refractivity contribution >= 4 is 5.91 Å². The maximum absolute atomic E-state index is 12.3. The summed E-state index contributed by atoms with van der Waals surface area (Å²) in [5.74, 6) is 0.735. The first-order valence-corrected chi connectivity index (χ1v) is 8.31. The van der Waals surface area contributed by atoms with E-state index >= 15 is 0 Å². The molecule has 128 valence electrons. The van der Waals surface area contributed by atoms with Gasteiger partial charge in [-0.05, 0) is 25.3 Å². The van der Waals surface area contributed by atoms with Gasteiger partial charge in [-0.1, -0.05) is 5.21 Å². The van der Waals surface area contributed by atoms with E-state index in [1.807, 2.05) is 10.9 Å². The Morgan fingerprint density at radius 2 is 2.43 bits per heavy atom. The maximum atomic E-state index is 12.3. The average molecular weight is 322 g/mol. The van der Waals surface area contributed by atoms with Crippen LogP contribution in [0.3, 0.4) is 0 Å². The zero-order chi connectivity index (χ0) is 16.2. The third-order valence-electron chi connectivity index (χ3n) is 5.01. The molecule has 0 aromatic carbocycles. The number of piperidine rings is 3. The Balaban J connectivity index is 1.55. The van der Waals surface area contributed by atoms with Gasteiger partial charge in [-0.25, -0.2) is 0 Å². The fraction of sp³-hybridized carbons (Fsp3) is 0.800. The lowest BCUT2D eigenvalue weighted by atomic mass is 9.75. The fourth-order valence-electron chi connectivity index (χ4n) is 3.77. The number of hydrogen-bond acceptors (Lipinski definition) is 6. The number of nitrogens with two attached hydrogens (primary N) is 1. The molecule has 3 aliphatic heterocycles. The number of nitrogens with zero attached hydrogens (tertiary/aromatic N) is 4. The normalized spacial score (nSPS) is 29.7. The highest BCUT2D eigenvalue weighted by atomic mass is 16.5. The molecule has 2 bridgehead atoms. The minimum absolute atomic E-state index is 0.104. The second-order valence-electron chi connectivity index (χ2n) is 6.46. The Morgan fingerprint density at radius 3 is 3.09 bits per heavy atom. The van der Waals surface area contributed by atoms with Gasteiger partial charge in [0.1, 0.15) is 0 Å². The van der Waals surface area contributed by atoms with Gasteiger partial charge in [0.05, 0.1) is 24.8 Å². The second-order valence-corrected chi connectivity index (χ2v) is 6.46. The number of ether oxygens (including phenoxy) is 1. The van der Waals surface area contributed by atoms with Gasteiger partial charge in [-0.15, -0.1) is 5.10 Å². The molecule has 3 N–H and O–H groups in total. The van der Waals surface area contributed by atoms with Crippen LogP contribution >= 0.6 is 0 Å². The lowest BCUT2D eigenvalue weighted by Crippen LogP contribution is -2.58. The Kier molecular flexibility index (Phi) is 5.24. The van der Waals surface area contributed by atoms with Crippen molar-refractivity contribution in [3.63, 3.8) is 0 Å². The molecule has 4 unspecified atom stereocenters. The van der Waals surface area contributed by atoms with Crippen LogP contribution in [-0.2, 0) is 22.6 Å². The molecule has 1 amide bonds. The zero-order valence-corrected chi connectivity index (χ0v) is 13.6. The van der Waals surface area contributed by atoms with Crippen molar-refractivity contribution in [2.75, 3.05) is 33.4 Å². The van der Waals surface area contributed by atoms with Crippen LogP contribution in [0.15, 0.2) is 6.20 Å². The first-order valence-electron chi connectivity index (χ1n) is 8.31. The van der Waals surface area contributed by atoms with E-state index in [0.717, 1.165) is 38.2 Å².